The summed E-state index contributed by atoms with van der Waals surface area (Å²) in [6, 6.07) is 11.6. The smallest absolute Gasteiger partial charge is 0.0857 e. The molecule has 2 rings (SSSR count). The first kappa shape index (κ1) is 13.4. The largest absolute Gasteiger partial charge is 0.197 e. The second kappa shape index (κ2) is 5.32. The lowest BCUT2D eigenvalue weighted by molar-refractivity contribution is 0.612. The number of nitrogens with zero attached hydrogens (tertiary/aromatic N) is 1. The summed E-state index contributed by atoms with van der Waals surface area (Å²) in [6.45, 7) is 1.89. The van der Waals surface area contributed by atoms with E-state index in [-0.39, 0.29) is 0 Å². The number of halogens is 2. The highest BCUT2D eigenvalue weighted by atomic mass is 35.5. The van der Waals surface area contributed by atoms with Gasteiger partial charge in [0.1, 0.15) is 0 Å². The van der Waals surface area contributed by atoms with E-state index >= 15 is 0 Å². The van der Waals surface area contributed by atoms with Crippen molar-refractivity contribution in [2.75, 3.05) is 0 Å². The molecule has 0 saturated heterocycles. The lowest BCUT2D eigenvalue weighted by atomic mass is 9.80. The maximum atomic E-state index is 9.51. The van der Waals surface area contributed by atoms with Crippen molar-refractivity contribution in [2.45, 2.75) is 18.8 Å². The van der Waals surface area contributed by atoms with Crippen LogP contribution in [0.5, 0.6) is 0 Å². The maximum Gasteiger partial charge on any atom is 0.0857 e. The van der Waals surface area contributed by atoms with Gasteiger partial charge in [0.05, 0.1) is 11.5 Å². The third kappa shape index (κ3) is 2.70. The summed E-state index contributed by atoms with van der Waals surface area (Å²) in [5, 5.41) is 12.7. The molecule has 0 fully saturated rings. The standard InChI is InChI=1S/C14H11Cl2NS/c1-14(9-17,8-11-3-2-6-18-11)12-7-10(15)4-5-13(12)16/h2-7H,8H2,1H3. The molecule has 1 aromatic heterocycles. The molecule has 0 bridgehead atoms. The van der Waals surface area contributed by atoms with E-state index in [1.165, 1.54) is 0 Å². The number of thiophene rings is 1. The first-order chi connectivity index (χ1) is 8.55. The monoisotopic (exact) mass is 295 g/mol. The van der Waals surface area contributed by atoms with Gasteiger partial charge in [-0.05, 0) is 42.1 Å². The Morgan fingerprint density at radius 3 is 2.72 bits per heavy atom. The van der Waals surface area contributed by atoms with Crippen LogP contribution in [0.15, 0.2) is 35.7 Å². The third-order valence-corrected chi connectivity index (χ3v) is 4.32. The zero-order valence-electron chi connectivity index (χ0n) is 9.78. The molecule has 0 radical (unpaired) electrons. The molecule has 1 unspecified atom stereocenters. The van der Waals surface area contributed by atoms with Crippen LogP contribution < -0.4 is 0 Å². The van der Waals surface area contributed by atoms with Gasteiger partial charge in [0.25, 0.3) is 0 Å². The fourth-order valence-corrected chi connectivity index (χ4v) is 3.24. The molecule has 1 heterocycles. The van der Waals surface area contributed by atoms with Gasteiger partial charge in [0.2, 0.25) is 0 Å². The van der Waals surface area contributed by atoms with Gasteiger partial charge in [-0.15, -0.1) is 11.3 Å². The molecule has 0 aliphatic rings. The predicted octanol–water partition coefficient (Wildman–Crippen LogP) is 5.08. The molecule has 1 nitrogen and oxygen atoms in total. The summed E-state index contributed by atoms with van der Waals surface area (Å²) in [6.07, 6.45) is 0.640. The van der Waals surface area contributed by atoms with E-state index in [1.807, 2.05) is 24.4 Å². The van der Waals surface area contributed by atoms with E-state index < -0.39 is 5.41 Å². The van der Waals surface area contributed by atoms with Crippen LogP contribution >= 0.6 is 34.5 Å². The molecule has 1 aromatic carbocycles. The minimum atomic E-state index is -0.660. The Balaban J connectivity index is 2.43. The van der Waals surface area contributed by atoms with Gasteiger partial charge in [-0.1, -0.05) is 29.3 Å². The lowest BCUT2D eigenvalue weighted by Gasteiger charge is -2.23. The highest BCUT2D eigenvalue weighted by Crippen LogP contribution is 2.35. The maximum absolute atomic E-state index is 9.51. The van der Waals surface area contributed by atoms with Crippen LogP contribution in [0.25, 0.3) is 0 Å². The zero-order chi connectivity index (χ0) is 13.2. The Bertz CT molecular complexity index is 586. The summed E-state index contributed by atoms with van der Waals surface area (Å²) in [5.41, 5.74) is 0.125. The van der Waals surface area contributed by atoms with E-state index in [0.717, 1.165) is 10.4 Å². The Kier molecular flexibility index (Phi) is 3.97. The number of benzene rings is 1. The van der Waals surface area contributed by atoms with Crippen LogP contribution in [-0.4, -0.2) is 0 Å². The zero-order valence-corrected chi connectivity index (χ0v) is 12.1. The molecule has 1 atom stereocenters. The van der Waals surface area contributed by atoms with Gasteiger partial charge in [0.15, 0.2) is 0 Å². The van der Waals surface area contributed by atoms with Crippen molar-refractivity contribution in [3.63, 3.8) is 0 Å². The second-order valence-corrected chi connectivity index (χ2v) is 6.20. The van der Waals surface area contributed by atoms with Crippen molar-refractivity contribution in [1.29, 1.82) is 5.26 Å². The van der Waals surface area contributed by atoms with Crippen LogP contribution in [-0.2, 0) is 11.8 Å². The van der Waals surface area contributed by atoms with Gasteiger partial charge in [-0.25, -0.2) is 0 Å². The van der Waals surface area contributed by atoms with Crippen molar-refractivity contribution < 1.29 is 0 Å². The highest BCUT2D eigenvalue weighted by molar-refractivity contribution is 7.09. The van der Waals surface area contributed by atoms with Gasteiger partial charge >= 0.3 is 0 Å². The molecule has 0 aliphatic heterocycles. The summed E-state index contributed by atoms with van der Waals surface area (Å²) in [5.74, 6) is 0. The lowest BCUT2D eigenvalue weighted by Crippen LogP contribution is -2.22. The van der Waals surface area contributed by atoms with E-state index in [2.05, 4.69) is 6.07 Å². The third-order valence-electron chi connectivity index (χ3n) is 2.88. The molecule has 0 N–H and O–H groups in total. The molecule has 0 spiro atoms. The summed E-state index contributed by atoms with van der Waals surface area (Å²) < 4.78 is 0. The van der Waals surface area contributed by atoms with Gasteiger partial charge in [-0.3, -0.25) is 0 Å². The molecule has 4 heteroatoms. The normalized spacial score (nSPS) is 13.9. The van der Waals surface area contributed by atoms with Gasteiger partial charge in [-0.2, -0.15) is 5.26 Å². The van der Waals surface area contributed by atoms with Crippen molar-refractivity contribution in [3.8, 4) is 6.07 Å². The summed E-state index contributed by atoms with van der Waals surface area (Å²) in [4.78, 5) is 1.16. The molecule has 92 valence electrons. The predicted molar refractivity (Wildman–Crippen MR) is 77.5 cm³/mol. The van der Waals surface area contributed by atoms with Gasteiger partial charge < -0.3 is 0 Å². The fourth-order valence-electron chi connectivity index (χ4n) is 1.88. The minimum Gasteiger partial charge on any atom is -0.197 e. The molecular formula is C14H11Cl2NS. The second-order valence-electron chi connectivity index (χ2n) is 4.32. The van der Waals surface area contributed by atoms with E-state index in [0.29, 0.717) is 16.5 Å². The topological polar surface area (TPSA) is 23.8 Å². The quantitative estimate of drug-likeness (QED) is 0.775. The van der Waals surface area contributed by atoms with Crippen LogP contribution in [0.1, 0.15) is 17.4 Å². The Labute approximate surface area is 121 Å². The first-order valence-corrected chi connectivity index (χ1v) is 7.08. The molecular weight excluding hydrogens is 285 g/mol. The van der Waals surface area contributed by atoms with Crippen LogP contribution in [0.2, 0.25) is 10.0 Å². The van der Waals surface area contributed by atoms with Crippen molar-refractivity contribution in [2.24, 2.45) is 0 Å². The average Bonchev–Trinajstić information content (AvgIpc) is 2.84. The Morgan fingerprint density at radius 1 is 1.33 bits per heavy atom. The molecule has 2 aromatic rings. The SMILES string of the molecule is CC(C#N)(Cc1cccs1)c1cc(Cl)ccc1Cl. The van der Waals surface area contributed by atoms with Crippen molar-refractivity contribution >= 4 is 34.5 Å². The molecule has 18 heavy (non-hydrogen) atoms. The average molecular weight is 296 g/mol. The highest BCUT2D eigenvalue weighted by Gasteiger charge is 2.29. The van der Waals surface area contributed by atoms with Crippen molar-refractivity contribution in [1.82, 2.24) is 0 Å². The molecule has 0 saturated carbocycles. The van der Waals surface area contributed by atoms with Crippen molar-refractivity contribution in [3.05, 3.63) is 56.2 Å². The Morgan fingerprint density at radius 2 is 2.11 bits per heavy atom. The number of rotatable bonds is 3. The van der Waals surface area contributed by atoms with E-state index in [9.17, 15) is 5.26 Å². The fraction of sp³-hybridized carbons (Fsp3) is 0.214. The van der Waals surface area contributed by atoms with Crippen LogP contribution in [0.3, 0.4) is 0 Å². The van der Waals surface area contributed by atoms with E-state index in [1.54, 1.807) is 29.5 Å². The minimum absolute atomic E-state index is 0.583. The molecule has 0 amide bonds. The van der Waals surface area contributed by atoms with E-state index in [4.69, 9.17) is 23.2 Å². The summed E-state index contributed by atoms with van der Waals surface area (Å²) >= 11 is 13.8. The van der Waals surface area contributed by atoms with Crippen LogP contribution in [0, 0.1) is 11.3 Å². The first-order valence-electron chi connectivity index (χ1n) is 5.44. The summed E-state index contributed by atoms with van der Waals surface area (Å²) in [7, 11) is 0. The molecule has 0 aliphatic carbocycles. The number of nitriles is 1. The number of hydrogen-bond donors (Lipinski definition) is 0. The van der Waals surface area contributed by atoms with Gasteiger partial charge in [0, 0.05) is 21.3 Å². The Hall–Kier alpha value is -1.01. The number of hydrogen-bond acceptors (Lipinski definition) is 2. The van der Waals surface area contributed by atoms with Crippen LogP contribution in [0.4, 0.5) is 0 Å².